The average Bonchev–Trinajstić information content (AvgIpc) is 2.51. The summed E-state index contributed by atoms with van der Waals surface area (Å²) in [5.41, 5.74) is 0.370. The van der Waals surface area contributed by atoms with Crippen LogP contribution in [0.25, 0.3) is 0 Å². The molecule has 0 unspecified atom stereocenters. The molecule has 5 nitrogen and oxygen atoms in total. The first-order chi connectivity index (χ1) is 10.5. The minimum Gasteiger partial charge on any atom is -0.352 e. The van der Waals surface area contributed by atoms with Crippen molar-refractivity contribution in [1.82, 2.24) is 10.0 Å². The molecule has 1 amide bonds. The molecule has 0 saturated carbocycles. The maximum Gasteiger partial charge on any atom is 0.251 e. The van der Waals surface area contributed by atoms with Crippen LogP contribution in [0.2, 0.25) is 0 Å². The zero-order chi connectivity index (χ0) is 16.4. The largest absolute Gasteiger partial charge is 0.352 e. The highest BCUT2D eigenvalue weighted by molar-refractivity contribution is 7.89. The fourth-order valence-electron chi connectivity index (χ4n) is 1.95. The van der Waals surface area contributed by atoms with Gasteiger partial charge in [-0.25, -0.2) is 13.1 Å². The Balaban J connectivity index is 2.70. The maximum absolute atomic E-state index is 12.1. The van der Waals surface area contributed by atoms with E-state index in [-0.39, 0.29) is 10.8 Å². The van der Waals surface area contributed by atoms with E-state index in [9.17, 15) is 13.2 Å². The number of rotatable bonds is 10. The van der Waals surface area contributed by atoms with Crippen LogP contribution in [-0.2, 0) is 10.0 Å². The molecule has 0 heterocycles. The predicted molar refractivity (Wildman–Crippen MR) is 88.4 cm³/mol. The van der Waals surface area contributed by atoms with Gasteiger partial charge in [0.15, 0.2) is 0 Å². The van der Waals surface area contributed by atoms with Crippen LogP contribution >= 0.6 is 0 Å². The number of hydrogen-bond acceptors (Lipinski definition) is 3. The van der Waals surface area contributed by atoms with E-state index in [4.69, 9.17) is 0 Å². The van der Waals surface area contributed by atoms with Gasteiger partial charge in [0.1, 0.15) is 0 Å². The van der Waals surface area contributed by atoms with Crippen molar-refractivity contribution in [3.8, 4) is 0 Å². The summed E-state index contributed by atoms with van der Waals surface area (Å²) < 4.78 is 26.8. The first-order valence-corrected chi connectivity index (χ1v) is 9.37. The monoisotopic (exact) mass is 326 g/mol. The Labute approximate surface area is 133 Å². The molecule has 124 valence electrons. The van der Waals surface area contributed by atoms with Crippen molar-refractivity contribution in [2.45, 2.75) is 50.8 Å². The quantitative estimate of drug-likeness (QED) is 0.649. The van der Waals surface area contributed by atoms with Gasteiger partial charge in [-0.1, -0.05) is 39.2 Å². The van der Waals surface area contributed by atoms with E-state index >= 15 is 0 Å². The highest BCUT2D eigenvalue weighted by atomic mass is 32.2. The summed E-state index contributed by atoms with van der Waals surface area (Å²) in [6.45, 7) is 5.12. The lowest BCUT2D eigenvalue weighted by Gasteiger charge is -2.08. The van der Waals surface area contributed by atoms with Crippen LogP contribution in [-0.4, -0.2) is 27.4 Å². The lowest BCUT2D eigenvalue weighted by molar-refractivity contribution is 0.0952. The molecule has 0 aliphatic carbocycles. The number of unbranched alkanes of at least 4 members (excludes halogenated alkanes) is 3. The molecule has 22 heavy (non-hydrogen) atoms. The zero-order valence-corrected chi connectivity index (χ0v) is 14.2. The van der Waals surface area contributed by atoms with E-state index in [1.54, 1.807) is 12.1 Å². The Bertz CT molecular complexity index is 571. The number of nitrogens with one attached hydrogen (secondary N) is 2. The van der Waals surface area contributed by atoms with Crippen molar-refractivity contribution in [3.05, 3.63) is 29.8 Å². The smallest absolute Gasteiger partial charge is 0.251 e. The molecule has 0 fully saturated rings. The number of sulfonamides is 1. The van der Waals surface area contributed by atoms with Gasteiger partial charge in [-0.15, -0.1) is 0 Å². The van der Waals surface area contributed by atoms with Crippen LogP contribution in [0.3, 0.4) is 0 Å². The molecule has 1 rings (SSSR count). The molecule has 0 radical (unpaired) electrons. The second kappa shape index (κ2) is 9.58. The van der Waals surface area contributed by atoms with Gasteiger partial charge in [0.2, 0.25) is 10.0 Å². The van der Waals surface area contributed by atoms with Crippen molar-refractivity contribution in [2.24, 2.45) is 0 Å². The average molecular weight is 326 g/mol. The number of carbonyl (C=O) groups is 1. The molecule has 1 aromatic rings. The first kappa shape index (κ1) is 18.6. The molecule has 2 N–H and O–H groups in total. The second-order valence-electron chi connectivity index (χ2n) is 5.24. The summed E-state index contributed by atoms with van der Waals surface area (Å²) in [4.78, 5) is 12.2. The van der Waals surface area contributed by atoms with E-state index < -0.39 is 10.0 Å². The highest BCUT2D eigenvalue weighted by Gasteiger charge is 2.15. The molecule has 0 saturated heterocycles. The fourth-order valence-corrected chi connectivity index (χ4v) is 3.07. The van der Waals surface area contributed by atoms with Gasteiger partial charge in [0.05, 0.1) is 4.90 Å². The summed E-state index contributed by atoms with van der Waals surface area (Å²) in [5, 5.41) is 2.81. The van der Waals surface area contributed by atoms with Gasteiger partial charge in [-0.2, -0.15) is 0 Å². The molecule has 0 aliphatic heterocycles. The van der Waals surface area contributed by atoms with E-state index in [0.717, 1.165) is 32.1 Å². The van der Waals surface area contributed by atoms with Crippen molar-refractivity contribution in [1.29, 1.82) is 0 Å². The summed E-state index contributed by atoms with van der Waals surface area (Å²) in [6, 6.07) is 6.14. The fraction of sp³-hybridized carbons (Fsp3) is 0.562. The van der Waals surface area contributed by atoms with Crippen molar-refractivity contribution in [3.63, 3.8) is 0 Å². The van der Waals surface area contributed by atoms with E-state index in [1.807, 2.05) is 6.92 Å². The van der Waals surface area contributed by atoms with Crippen LogP contribution in [0.5, 0.6) is 0 Å². The lowest BCUT2D eigenvalue weighted by Crippen LogP contribution is -2.26. The zero-order valence-electron chi connectivity index (χ0n) is 13.4. The molecule has 0 aromatic heterocycles. The van der Waals surface area contributed by atoms with Crippen LogP contribution < -0.4 is 10.0 Å². The molecule has 6 heteroatoms. The number of hydrogen-bond donors (Lipinski definition) is 2. The molecular weight excluding hydrogens is 300 g/mol. The third-order valence-electron chi connectivity index (χ3n) is 3.29. The number of carbonyl (C=O) groups excluding carboxylic acids is 1. The van der Waals surface area contributed by atoms with Gasteiger partial charge < -0.3 is 5.32 Å². The summed E-state index contributed by atoms with van der Waals surface area (Å²) >= 11 is 0. The van der Waals surface area contributed by atoms with Crippen molar-refractivity contribution >= 4 is 15.9 Å². The van der Waals surface area contributed by atoms with Gasteiger partial charge in [0, 0.05) is 18.7 Å². The van der Waals surface area contributed by atoms with Crippen molar-refractivity contribution in [2.75, 3.05) is 13.1 Å². The molecular formula is C16H26N2O3S. The Morgan fingerprint density at radius 2 is 1.77 bits per heavy atom. The van der Waals surface area contributed by atoms with Crippen molar-refractivity contribution < 1.29 is 13.2 Å². The van der Waals surface area contributed by atoms with Crippen LogP contribution in [0.1, 0.15) is 56.3 Å². The van der Waals surface area contributed by atoms with E-state index in [0.29, 0.717) is 18.7 Å². The summed E-state index contributed by atoms with van der Waals surface area (Å²) in [5.74, 6) is -0.235. The standard InChI is InChI=1S/C16H26N2O3S/c1-3-5-7-11-17-16(19)14-9-8-10-15(13-14)22(20,21)18-12-6-4-2/h8-10,13,18H,3-7,11-12H2,1-2H3,(H,17,19). The molecule has 0 aliphatic rings. The topological polar surface area (TPSA) is 75.3 Å². The third-order valence-corrected chi connectivity index (χ3v) is 4.75. The van der Waals surface area contributed by atoms with E-state index in [1.165, 1.54) is 12.1 Å². The molecule has 0 bridgehead atoms. The lowest BCUT2D eigenvalue weighted by atomic mass is 10.2. The van der Waals surface area contributed by atoms with E-state index in [2.05, 4.69) is 17.0 Å². The maximum atomic E-state index is 12.1. The van der Waals surface area contributed by atoms with Gasteiger partial charge in [-0.3, -0.25) is 4.79 Å². The normalized spacial score (nSPS) is 11.4. The van der Waals surface area contributed by atoms with Crippen LogP contribution in [0.4, 0.5) is 0 Å². The van der Waals surface area contributed by atoms with Gasteiger partial charge in [-0.05, 0) is 31.0 Å². The molecule has 1 aromatic carbocycles. The summed E-state index contributed by atoms with van der Waals surface area (Å²) in [7, 11) is -3.55. The first-order valence-electron chi connectivity index (χ1n) is 7.89. The van der Waals surface area contributed by atoms with Gasteiger partial charge >= 0.3 is 0 Å². The Morgan fingerprint density at radius 3 is 2.45 bits per heavy atom. The number of amides is 1. The number of benzene rings is 1. The van der Waals surface area contributed by atoms with Crippen LogP contribution in [0, 0.1) is 0 Å². The van der Waals surface area contributed by atoms with Gasteiger partial charge in [0.25, 0.3) is 5.91 Å². The Kier molecular flexibility index (Phi) is 8.12. The summed E-state index contributed by atoms with van der Waals surface area (Å²) in [6.07, 6.45) is 4.79. The molecule has 0 atom stereocenters. The molecule has 0 spiro atoms. The predicted octanol–water partition coefficient (Wildman–Crippen LogP) is 2.69. The third kappa shape index (κ3) is 6.15. The Hall–Kier alpha value is -1.40. The SMILES string of the molecule is CCCCCNC(=O)c1cccc(S(=O)(=O)NCCCC)c1. The Morgan fingerprint density at radius 1 is 1.05 bits per heavy atom. The minimum atomic E-state index is -3.55. The minimum absolute atomic E-state index is 0.129. The second-order valence-corrected chi connectivity index (χ2v) is 7.01. The van der Waals surface area contributed by atoms with Crippen LogP contribution in [0.15, 0.2) is 29.2 Å². The highest BCUT2D eigenvalue weighted by Crippen LogP contribution is 2.11.